The summed E-state index contributed by atoms with van der Waals surface area (Å²) in [5.41, 5.74) is 3.27. The van der Waals surface area contributed by atoms with Gasteiger partial charge in [0, 0.05) is 27.5 Å². The van der Waals surface area contributed by atoms with Gasteiger partial charge in [0.25, 0.3) is 5.91 Å². The number of hydrogen-bond acceptors (Lipinski definition) is 5. The van der Waals surface area contributed by atoms with Crippen molar-refractivity contribution in [3.63, 3.8) is 0 Å². The second-order valence-electron chi connectivity index (χ2n) is 7.94. The number of rotatable bonds is 7. The summed E-state index contributed by atoms with van der Waals surface area (Å²) in [6.45, 7) is 3.59. The van der Waals surface area contributed by atoms with E-state index in [1.54, 1.807) is 62.6 Å². The van der Waals surface area contributed by atoms with Crippen LogP contribution in [0.15, 0.2) is 72.8 Å². The van der Waals surface area contributed by atoms with Gasteiger partial charge < -0.3 is 19.8 Å². The van der Waals surface area contributed by atoms with Crippen LogP contribution in [0.1, 0.15) is 33.4 Å². The number of H-pyrrole nitrogens is 1. The number of nitrogens with zero attached hydrogens (tertiary/aromatic N) is 1. The Morgan fingerprint density at radius 3 is 2.49 bits per heavy atom. The number of halogens is 1. The number of anilines is 1. The van der Waals surface area contributed by atoms with Crippen molar-refractivity contribution in [2.24, 2.45) is 0 Å². The molecule has 35 heavy (non-hydrogen) atoms. The molecule has 0 saturated heterocycles. The molecule has 1 aromatic heterocycles. The highest BCUT2D eigenvalue weighted by molar-refractivity contribution is 6.31. The van der Waals surface area contributed by atoms with E-state index in [1.807, 2.05) is 31.2 Å². The average Bonchev–Trinajstić information content (AvgIpc) is 3.27. The molecule has 0 aliphatic heterocycles. The minimum absolute atomic E-state index is 0.0925. The summed E-state index contributed by atoms with van der Waals surface area (Å²) in [6, 6.07) is 21.3. The molecule has 178 valence electrons. The zero-order chi connectivity index (χ0) is 24.9. The predicted molar refractivity (Wildman–Crippen MR) is 135 cm³/mol. The molecule has 0 aliphatic carbocycles. The van der Waals surface area contributed by atoms with E-state index in [9.17, 15) is 9.59 Å². The number of methoxy groups -OCH3 is 1. The van der Waals surface area contributed by atoms with Gasteiger partial charge in [-0.2, -0.15) is 0 Å². The Bertz CT molecular complexity index is 1370. The highest BCUT2D eigenvalue weighted by atomic mass is 35.5. The lowest BCUT2D eigenvalue weighted by atomic mass is 10.1. The van der Waals surface area contributed by atoms with Crippen molar-refractivity contribution >= 4 is 29.2 Å². The quantitative estimate of drug-likeness (QED) is 0.315. The molecule has 0 fully saturated rings. The van der Waals surface area contributed by atoms with Crippen LogP contribution >= 0.6 is 11.6 Å². The van der Waals surface area contributed by atoms with Gasteiger partial charge in [-0.05, 0) is 43.7 Å². The Balaban J connectivity index is 1.60. The molecule has 0 spiro atoms. The number of aromatic nitrogens is 2. The monoisotopic (exact) mass is 489 g/mol. The second-order valence-corrected chi connectivity index (χ2v) is 8.35. The normalized spacial score (nSPS) is 11.5. The Labute approximate surface area is 208 Å². The van der Waals surface area contributed by atoms with E-state index in [0.717, 1.165) is 11.1 Å². The molecule has 2 N–H and O–H groups in total. The summed E-state index contributed by atoms with van der Waals surface area (Å²) >= 11 is 6.19. The van der Waals surface area contributed by atoms with Crippen molar-refractivity contribution in [1.82, 2.24) is 9.97 Å². The number of nitrogens with one attached hydrogen (secondary N) is 2. The lowest BCUT2D eigenvalue weighted by molar-refractivity contribution is -0.125. The van der Waals surface area contributed by atoms with Crippen molar-refractivity contribution in [2.45, 2.75) is 20.0 Å². The third kappa shape index (κ3) is 5.53. The third-order valence-electron chi connectivity index (χ3n) is 5.43. The smallest absolute Gasteiger partial charge is 0.359 e. The van der Waals surface area contributed by atoms with Crippen LogP contribution in [0.2, 0.25) is 5.02 Å². The fraction of sp³-hybridized carbons (Fsp3) is 0.148. The Kier molecular flexibility index (Phi) is 7.17. The van der Waals surface area contributed by atoms with Crippen molar-refractivity contribution in [1.29, 1.82) is 0 Å². The molecule has 8 heteroatoms. The number of imidazole rings is 1. The minimum Gasteiger partial charge on any atom is -0.497 e. The van der Waals surface area contributed by atoms with Crippen molar-refractivity contribution in [3.8, 4) is 17.1 Å². The molecule has 3 aromatic carbocycles. The van der Waals surface area contributed by atoms with E-state index < -0.39 is 18.0 Å². The Hall–Kier alpha value is -4.10. The highest BCUT2D eigenvalue weighted by Crippen LogP contribution is 2.26. The number of esters is 1. The van der Waals surface area contributed by atoms with Crippen LogP contribution < -0.4 is 10.1 Å². The van der Waals surface area contributed by atoms with Gasteiger partial charge in [0.1, 0.15) is 11.6 Å². The maximum atomic E-state index is 13.2. The van der Waals surface area contributed by atoms with Crippen LogP contribution in [-0.4, -0.2) is 29.0 Å². The Morgan fingerprint density at radius 1 is 1.00 bits per heavy atom. The molecule has 1 amide bonds. The van der Waals surface area contributed by atoms with Crippen LogP contribution in [0, 0.1) is 13.8 Å². The van der Waals surface area contributed by atoms with Gasteiger partial charge in [0.2, 0.25) is 6.10 Å². The van der Waals surface area contributed by atoms with Gasteiger partial charge in [0.15, 0.2) is 5.69 Å². The summed E-state index contributed by atoms with van der Waals surface area (Å²) in [5.74, 6) is -0.0782. The Morgan fingerprint density at radius 2 is 1.77 bits per heavy atom. The van der Waals surface area contributed by atoms with Gasteiger partial charge in [-0.1, -0.05) is 60.1 Å². The van der Waals surface area contributed by atoms with Crippen LogP contribution in [0.4, 0.5) is 5.69 Å². The molecule has 0 saturated carbocycles. The number of hydrogen-bond donors (Lipinski definition) is 2. The lowest BCUT2D eigenvalue weighted by Crippen LogP contribution is -2.26. The molecular weight excluding hydrogens is 466 g/mol. The van der Waals surface area contributed by atoms with Crippen molar-refractivity contribution in [2.75, 3.05) is 12.4 Å². The first-order valence-electron chi connectivity index (χ1n) is 10.9. The van der Waals surface area contributed by atoms with E-state index in [1.165, 1.54) is 0 Å². The summed E-state index contributed by atoms with van der Waals surface area (Å²) < 4.78 is 11.0. The summed E-state index contributed by atoms with van der Waals surface area (Å²) in [6.07, 6.45) is -1.19. The largest absolute Gasteiger partial charge is 0.497 e. The van der Waals surface area contributed by atoms with E-state index in [2.05, 4.69) is 15.3 Å². The van der Waals surface area contributed by atoms with E-state index in [-0.39, 0.29) is 5.69 Å². The number of ether oxygens (including phenoxy) is 2. The molecule has 0 bridgehead atoms. The molecule has 1 heterocycles. The number of aromatic amines is 1. The summed E-state index contributed by atoms with van der Waals surface area (Å²) in [4.78, 5) is 33.9. The van der Waals surface area contributed by atoms with Gasteiger partial charge in [-0.25, -0.2) is 9.78 Å². The second kappa shape index (κ2) is 10.4. The van der Waals surface area contributed by atoms with E-state index in [4.69, 9.17) is 21.1 Å². The van der Waals surface area contributed by atoms with Gasteiger partial charge >= 0.3 is 5.97 Å². The SMILES string of the molecule is COc1cccc(-c2nc(C(=O)OC(C(=O)Nc3ccc(C)c(Cl)c3)c3ccccc3)c(C)[nH]2)c1. The topological polar surface area (TPSA) is 93.3 Å². The predicted octanol–water partition coefficient (Wildman–Crippen LogP) is 5.89. The van der Waals surface area contributed by atoms with Crippen LogP contribution in [0.25, 0.3) is 11.4 Å². The number of amides is 1. The number of aryl methyl sites for hydroxylation is 2. The number of carbonyl (C=O) groups is 2. The molecular formula is C27H24ClN3O4. The first-order chi connectivity index (χ1) is 16.9. The third-order valence-corrected chi connectivity index (χ3v) is 5.83. The zero-order valence-electron chi connectivity index (χ0n) is 19.5. The molecule has 0 aliphatic rings. The fourth-order valence-electron chi connectivity index (χ4n) is 3.51. The lowest BCUT2D eigenvalue weighted by Gasteiger charge is -2.18. The van der Waals surface area contributed by atoms with Gasteiger partial charge in [0.05, 0.1) is 7.11 Å². The van der Waals surface area contributed by atoms with Gasteiger partial charge in [-0.15, -0.1) is 0 Å². The molecule has 1 unspecified atom stereocenters. The molecule has 1 atom stereocenters. The van der Waals surface area contributed by atoms with Crippen LogP contribution in [0.3, 0.4) is 0 Å². The first-order valence-corrected chi connectivity index (χ1v) is 11.3. The number of carbonyl (C=O) groups excluding carboxylic acids is 2. The standard InChI is InChI=1S/C27H24ClN3O4/c1-16-12-13-20(15-22(16)28)30-26(32)24(18-8-5-4-6-9-18)35-27(33)23-17(2)29-25(31-23)19-10-7-11-21(14-19)34-3/h4-15,24H,1-3H3,(H,29,31)(H,30,32). The van der Waals surface area contributed by atoms with Crippen LogP contribution in [0.5, 0.6) is 5.75 Å². The van der Waals surface area contributed by atoms with E-state index >= 15 is 0 Å². The minimum atomic E-state index is -1.19. The van der Waals surface area contributed by atoms with Gasteiger partial charge in [-0.3, -0.25) is 4.79 Å². The molecule has 7 nitrogen and oxygen atoms in total. The highest BCUT2D eigenvalue weighted by Gasteiger charge is 2.28. The van der Waals surface area contributed by atoms with Crippen molar-refractivity contribution in [3.05, 3.63) is 100 Å². The molecule has 0 radical (unpaired) electrons. The maximum Gasteiger partial charge on any atom is 0.359 e. The van der Waals surface area contributed by atoms with Crippen molar-refractivity contribution < 1.29 is 19.1 Å². The summed E-state index contributed by atoms with van der Waals surface area (Å²) in [7, 11) is 1.58. The molecule has 4 rings (SSSR count). The van der Waals surface area contributed by atoms with E-state index in [0.29, 0.717) is 33.5 Å². The number of benzene rings is 3. The molecule has 4 aromatic rings. The van der Waals surface area contributed by atoms with Crippen LogP contribution in [-0.2, 0) is 9.53 Å². The average molecular weight is 490 g/mol. The first kappa shape index (κ1) is 24.0. The summed E-state index contributed by atoms with van der Waals surface area (Å²) in [5, 5.41) is 3.30. The maximum absolute atomic E-state index is 13.2. The fourth-order valence-corrected chi connectivity index (χ4v) is 3.69. The zero-order valence-corrected chi connectivity index (χ0v) is 20.2.